The van der Waals surface area contributed by atoms with Crippen LogP contribution in [0.2, 0.25) is 0 Å². The second-order valence-corrected chi connectivity index (χ2v) is 8.37. The van der Waals surface area contributed by atoms with Gasteiger partial charge in [-0.15, -0.1) is 0 Å². The monoisotopic (exact) mass is 377 g/mol. The van der Waals surface area contributed by atoms with E-state index in [1.165, 1.54) is 0 Å². The minimum Gasteiger partial charge on any atom is -0.466 e. The first-order valence-electron chi connectivity index (χ1n) is 10.2. The van der Waals surface area contributed by atoms with Gasteiger partial charge in [0.2, 0.25) is 5.91 Å². The Kier molecular flexibility index (Phi) is 6.61. The summed E-state index contributed by atoms with van der Waals surface area (Å²) in [6, 6.07) is 4.16. The fraction of sp³-hybridized carbons (Fsp3) is 0.762. The SMILES string of the molecule is COCC(=O)N1CCC2(CC1)CN(CCC(C)c1ccc(C)o1)CCN2C. The Morgan fingerprint density at radius 2 is 2.00 bits per heavy atom. The molecule has 2 aliphatic heterocycles. The fourth-order valence-corrected chi connectivity index (χ4v) is 4.50. The standard InChI is InChI=1S/C21H35N3O3/c1-17(19-6-5-18(2)27-19)7-10-23-14-13-22(3)21(16-23)8-11-24(12-9-21)20(25)15-26-4/h5-6,17H,7-16H2,1-4H3. The lowest BCUT2D eigenvalue weighted by Gasteiger charge is -2.53. The topological polar surface area (TPSA) is 49.2 Å². The van der Waals surface area contributed by atoms with Gasteiger partial charge in [-0.3, -0.25) is 9.69 Å². The number of rotatable bonds is 6. The van der Waals surface area contributed by atoms with Gasteiger partial charge in [0.15, 0.2) is 0 Å². The number of nitrogens with zero attached hydrogens (tertiary/aromatic N) is 3. The van der Waals surface area contributed by atoms with Crippen LogP contribution in [-0.2, 0) is 9.53 Å². The zero-order chi connectivity index (χ0) is 19.4. The number of carbonyl (C=O) groups excluding carboxylic acids is 1. The number of methoxy groups -OCH3 is 1. The summed E-state index contributed by atoms with van der Waals surface area (Å²) >= 11 is 0. The largest absolute Gasteiger partial charge is 0.466 e. The van der Waals surface area contributed by atoms with E-state index in [2.05, 4.69) is 35.9 Å². The Labute approximate surface area is 163 Å². The van der Waals surface area contributed by atoms with E-state index in [1.54, 1.807) is 7.11 Å². The highest BCUT2D eigenvalue weighted by Crippen LogP contribution is 2.32. The molecule has 2 fully saturated rings. The molecule has 1 unspecified atom stereocenters. The molecule has 2 aliphatic rings. The van der Waals surface area contributed by atoms with E-state index in [1.807, 2.05) is 11.8 Å². The summed E-state index contributed by atoms with van der Waals surface area (Å²) < 4.78 is 10.8. The molecule has 1 spiro atoms. The zero-order valence-electron chi connectivity index (χ0n) is 17.4. The molecule has 0 aliphatic carbocycles. The molecule has 3 heterocycles. The van der Waals surface area contributed by atoms with E-state index >= 15 is 0 Å². The molecule has 27 heavy (non-hydrogen) atoms. The minimum absolute atomic E-state index is 0.116. The molecule has 2 saturated heterocycles. The van der Waals surface area contributed by atoms with Crippen molar-refractivity contribution in [2.24, 2.45) is 0 Å². The van der Waals surface area contributed by atoms with E-state index in [0.29, 0.717) is 5.92 Å². The van der Waals surface area contributed by atoms with Crippen LogP contribution in [0.5, 0.6) is 0 Å². The average molecular weight is 378 g/mol. The van der Waals surface area contributed by atoms with Gasteiger partial charge in [-0.25, -0.2) is 0 Å². The number of piperidine rings is 1. The smallest absolute Gasteiger partial charge is 0.248 e. The van der Waals surface area contributed by atoms with Gasteiger partial charge in [-0.2, -0.15) is 0 Å². The summed E-state index contributed by atoms with van der Waals surface area (Å²) in [5, 5.41) is 0. The van der Waals surface area contributed by atoms with Crippen molar-refractivity contribution in [1.82, 2.24) is 14.7 Å². The van der Waals surface area contributed by atoms with Crippen LogP contribution in [0.15, 0.2) is 16.5 Å². The number of furan rings is 1. The molecule has 1 aromatic heterocycles. The molecule has 0 bridgehead atoms. The average Bonchev–Trinajstić information content (AvgIpc) is 3.10. The lowest BCUT2D eigenvalue weighted by molar-refractivity contribution is -0.138. The first kappa shape index (κ1) is 20.4. The van der Waals surface area contributed by atoms with Crippen molar-refractivity contribution < 1.29 is 13.9 Å². The molecule has 0 saturated carbocycles. The molecule has 6 nitrogen and oxygen atoms in total. The first-order valence-corrected chi connectivity index (χ1v) is 10.2. The van der Waals surface area contributed by atoms with Gasteiger partial charge in [0.25, 0.3) is 0 Å². The van der Waals surface area contributed by atoms with Crippen LogP contribution >= 0.6 is 0 Å². The quantitative estimate of drug-likeness (QED) is 0.762. The van der Waals surface area contributed by atoms with E-state index in [-0.39, 0.29) is 18.1 Å². The Bertz CT molecular complexity index is 622. The number of likely N-dealkylation sites (tertiary alicyclic amines) is 1. The summed E-state index contributed by atoms with van der Waals surface area (Å²) in [5.41, 5.74) is 0.201. The maximum absolute atomic E-state index is 12.1. The highest BCUT2D eigenvalue weighted by Gasteiger charge is 2.42. The summed E-state index contributed by atoms with van der Waals surface area (Å²) in [6.07, 6.45) is 3.20. The predicted octanol–water partition coefficient (Wildman–Crippen LogP) is 2.34. The molecule has 1 amide bonds. The van der Waals surface area contributed by atoms with Crippen molar-refractivity contribution in [1.29, 1.82) is 0 Å². The molecule has 3 rings (SSSR count). The van der Waals surface area contributed by atoms with E-state index in [4.69, 9.17) is 9.15 Å². The van der Waals surface area contributed by atoms with Crippen molar-refractivity contribution in [2.75, 3.05) is 60.0 Å². The summed E-state index contributed by atoms with van der Waals surface area (Å²) in [5.74, 6) is 2.65. The van der Waals surface area contributed by atoms with Crippen LogP contribution in [0.25, 0.3) is 0 Å². The van der Waals surface area contributed by atoms with Gasteiger partial charge < -0.3 is 19.0 Å². The van der Waals surface area contributed by atoms with Crippen molar-refractivity contribution in [3.05, 3.63) is 23.7 Å². The predicted molar refractivity (Wildman–Crippen MR) is 106 cm³/mol. The maximum atomic E-state index is 12.1. The first-order chi connectivity index (χ1) is 12.9. The molecule has 6 heteroatoms. The number of hydrogen-bond acceptors (Lipinski definition) is 5. The highest BCUT2D eigenvalue weighted by molar-refractivity contribution is 5.77. The highest BCUT2D eigenvalue weighted by atomic mass is 16.5. The minimum atomic E-state index is 0.116. The van der Waals surface area contributed by atoms with Gasteiger partial charge in [0.05, 0.1) is 0 Å². The van der Waals surface area contributed by atoms with Gasteiger partial charge in [0.1, 0.15) is 18.1 Å². The van der Waals surface area contributed by atoms with Crippen molar-refractivity contribution in [2.45, 2.75) is 44.6 Å². The molecule has 0 N–H and O–H groups in total. The maximum Gasteiger partial charge on any atom is 0.248 e. The van der Waals surface area contributed by atoms with Crippen LogP contribution in [0.1, 0.15) is 43.6 Å². The third-order valence-corrected chi connectivity index (χ3v) is 6.52. The van der Waals surface area contributed by atoms with Crippen LogP contribution < -0.4 is 0 Å². The second kappa shape index (κ2) is 8.76. The molecule has 1 atom stereocenters. The van der Waals surface area contributed by atoms with Crippen LogP contribution in [-0.4, -0.2) is 86.2 Å². The van der Waals surface area contributed by atoms with Crippen LogP contribution in [0.3, 0.4) is 0 Å². The number of amides is 1. The number of aryl methyl sites for hydroxylation is 1. The van der Waals surface area contributed by atoms with E-state index in [9.17, 15) is 4.79 Å². The Morgan fingerprint density at radius 1 is 1.26 bits per heavy atom. The van der Waals surface area contributed by atoms with Gasteiger partial charge in [-0.05, 0) is 51.9 Å². The lowest BCUT2D eigenvalue weighted by atomic mass is 9.83. The number of ether oxygens (including phenoxy) is 1. The molecule has 152 valence electrons. The molecular weight excluding hydrogens is 342 g/mol. The molecule has 1 aromatic rings. The lowest BCUT2D eigenvalue weighted by Crippen LogP contribution is -2.64. The van der Waals surface area contributed by atoms with Gasteiger partial charge >= 0.3 is 0 Å². The fourth-order valence-electron chi connectivity index (χ4n) is 4.50. The summed E-state index contributed by atoms with van der Waals surface area (Å²) in [7, 11) is 3.83. The van der Waals surface area contributed by atoms with Crippen molar-refractivity contribution >= 4 is 5.91 Å². The van der Waals surface area contributed by atoms with Gasteiger partial charge in [-0.1, -0.05) is 6.92 Å². The van der Waals surface area contributed by atoms with E-state index < -0.39 is 0 Å². The van der Waals surface area contributed by atoms with Crippen LogP contribution in [0, 0.1) is 6.92 Å². The van der Waals surface area contributed by atoms with Crippen molar-refractivity contribution in [3.63, 3.8) is 0 Å². The number of hydrogen-bond donors (Lipinski definition) is 0. The number of piperazine rings is 1. The zero-order valence-corrected chi connectivity index (χ0v) is 17.4. The summed E-state index contributed by atoms with van der Waals surface area (Å²) in [6.45, 7) is 10.5. The van der Waals surface area contributed by atoms with E-state index in [0.717, 1.165) is 70.1 Å². The molecule has 0 radical (unpaired) electrons. The third-order valence-electron chi connectivity index (χ3n) is 6.52. The van der Waals surface area contributed by atoms with Gasteiger partial charge in [0, 0.05) is 51.3 Å². The normalized spacial score (nSPS) is 22.3. The second-order valence-electron chi connectivity index (χ2n) is 8.37. The molecular formula is C21H35N3O3. The number of carbonyl (C=O) groups is 1. The Balaban J connectivity index is 1.53. The van der Waals surface area contributed by atoms with Crippen molar-refractivity contribution in [3.8, 4) is 0 Å². The number of likely N-dealkylation sites (N-methyl/N-ethyl adjacent to an activating group) is 1. The van der Waals surface area contributed by atoms with Crippen LogP contribution in [0.4, 0.5) is 0 Å². The molecule has 0 aromatic carbocycles. The Morgan fingerprint density at radius 3 is 2.63 bits per heavy atom. The summed E-state index contributed by atoms with van der Waals surface area (Å²) in [4.78, 5) is 19.2. The Hall–Kier alpha value is -1.37. The third kappa shape index (κ3) is 4.73.